The number of aromatic nitrogens is 1. The largest absolute Gasteiger partial charge is 0.496 e. The van der Waals surface area contributed by atoms with Crippen LogP contribution < -0.4 is 4.74 Å². The minimum absolute atomic E-state index is 0.0142. The molecule has 1 N–H and O–H groups in total. The van der Waals surface area contributed by atoms with E-state index >= 15 is 0 Å². The fourth-order valence-corrected chi connectivity index (χ4v) is 4.18. The Balaban J connectivity index is 1.66. The Morgan fingerprint density at radius 1 is 1.24 bits per heavy atom. The number of aromatic amines is 1. The molecule has 1 fully saturated rings. The van der Waals surface area contributed by atoms with E-state index in [0.717, 1.165) is 41.7 Å². The van der Waals surface area contributed by atoms with Gasteiger partial charge in [0.05, 0.1) is 13.2 Å². The number of methoxy groups -OCH3 is 1. The predicted octanol–water partition coefficient (Wildman–Crippen LogP) is 4.61. The smallest absolute Gasteiger partial charge is 0.270 e. The summed E-state index contributed by atoms with van der Waals surface area (Å²) in [5, 5.41) is 1.09. The molecule has 1 amide bonds. The summed E-state index contributed by atoms with van der Waals surface area (Å²) in [5.74, 6) is 0.778. The average molecular weight is 392 g/mol. The Morgan fingerprint density at radius 2 is 2.07 bits per heavy atom. The Morgan fingerprint density at radius 3 is 2.83 bits per heavy atom. The maximum Gasteiger partial charge on any atom is 0.270 e. The van der Waals surface area contributed by atoms with E-state index in [-0.39, 0.29) is 12.0 Å². The number of benzene rings is 2. The molecule has 0 spiro atoms. The second-order valence-corrected chi connectivity index (χ2v) is 7.86. The number of amides is 1. The second-order valence-electron chi connectivity index (χ2n) is 7.86. The van der Waals surface area contributed by atoms with Crippen LogP contribution in [0.1, 0.15) is 40.0 Å². The number of nitrogens with zero attached hydrogens (tertiary/aromatic N) is 1. The van der Waals surface area contributed by atoms with E-state index in [9.17, 15) is 4.79 Å². The first-order valence-corrected chi connectivity index (χ1v) is 10.2. The van der Waals surface area contributed by atoms with Crippen molar-refractivity contribution in [2.75, 3.05) is 20.3 Å². The van der Waals surface area contributed by atoms with Gasteiger partial charge in [0.2, 0.25) is 0 Å². The Bertz CT molecular complexity index is 1020. The molecule has 1 saturated heterocycles. The maximum absolute atomic E-state index is 13.5. The first kappa shape index (κ1) is 19.5. The highest BCUT2D eigenvalue weighted by Crippen LogP contribution is 2.25. The molecule has 3 aromatic rings. The zero-order valence-corrected chi connectivity index (χ0v) is 17.3. The number of H-pyrrole nitrogens is 1. The number of fused-ring (bicyclic) bond motifs is 1. The molecule has 0 saturated carbocycles. The molecule has 152 valence electrons. The van der Waals surface area contributed by atoms with Crippen LogP contribution in [0, 0.1) is 13.8 Å². The molecule has 5 heteroatoms. The van der Waals surface area contributed by atoms with Crippen molar-refractivity contribution >= 4 is 16.8 Å². The molecule has 1 unspecified atom stereocenters. The van der Waals surface area contributed by atoms with Gasteiger partial charge in [-0.25, -0.2) is 0 Å². The number of nitrogens with one attached hydrogen (secondary N) is 1. The number of hydrogen-bond acceptors (Lipinski definition) is 3. The van der Waals surface area contributed by atoms with Crippen LogP contribution in [0.15, 0.2) is 42.5 Å². The molecular formula is C24H28N2O3. The molecule has 1 aliphatic heterocycles. The van der Waals surface area contributed by atoms with Gasteiger partial charge in [0.15, 0.2) is 0 Å². The van der Waals surface area contributed by atoms with Crippen LogP contribution in [-0.2, 0) is 11.3 Å². The van der Waals surface area contributed by atoms with Gasteiger partial charge in [-0.1, -0.05) is 24.3 Å². The van der Waals surface area contributed by atoms with Gasteiger partial charge < -0.3 is 19.4 Å². The van der Waals surface area contributed by atoms with Gasteiger partial charge in [-0.3, -0.25) is 4.79 Å². The molecule has 0 radical (unpaired) electrons. The first-order valence-electron chi connectivity index (χ1n) is 10.2. The van der Waals surface area contributed by atoms with E-state index in [1.807, 2.05) is 35.2 Å². The van der Waals surface area contributed by atoms with E-state index in [4.69, 9.17) is 9.47 Å². The lowest BCUT2D eigenvalue weighted by atomic mass is 10.1. The lowest BCUT2D eigenvalue weighted by Gasteiger charge is -2.26. The number of aryl methyl sites for hydroxylation is 2. The third-order valence-corrected chi connectivity index (χ3v) is 5.61. The van der Waals surface area contributed by atoms with Gasteiger partial charge in [-0.15, -0.1) is 0 Å². The number of hydrogen-bond donors (Lipinski definition) is 1. The Kier molecular flexibility index (Phi) is 5.58. The van der Waals surface area contributed by atoms with Crippen molar-refractivity contribution in [2.24, 2.45) is 0 Å². The summed E-state index contributed by atoms with van der Waals surface area (Å²) < 4.78 is 11.3. The lowest BCUT2D eigenvalue weighted by molar-refractivity contribution is 0.0502. The average Bonchev–Trinajstić information content (AvgIpc) is 3.37. The third-order valence-electron chi connectivity index (χ3n) is 5.61. The van der Waals surface area contributed by atoms with Crippen molar-refractivity contribution in [3.05, 3.63) is 64.8 Å². The predicted molar refractivity (Wildman–Crippen MR) is 114 cm³/mol. The van der Waals surface area contributed by atoms with Crippen LogP contribution in [0.2, 0.25) is 0 Å². The molecule has 0 bridgehead atoms. The third kappa shape index (κ3) is 4.15. The quantitative estimate of drug-likeness (QED) is 0.666. The maximum atomic E-state index is 13.5. The summed E-state index contributed by atoms with van der Waals surface area (Å²) in [6, 6.07) is 14.1. The van der Waals surface area contributed by atoms with Crippen molar-refractivity contribution in [3.8, 4) is 5.75 Å². The van der Waals surface area contributed by atoms with Gasteiger partial charge in [0.25, 0.3) is 5.91 Å². The fraction of sp³-hybridized carbons (Fsp3) is 0.375. The Hall–Kier alpha value is -2.79. The molecule has 4 rings (SSSR count). The monoisotopic (exact) mass is 392 g/mol. The van der Waals surface area contributed by atoms with Crippen molar-refractivity contribution in [2.45, 2.75) is 39.3 Å². The summed E-state index contributed by atoms with van der Waals surface area (Å²) in [6.45, 7) is 5.98. The van der Waals surface area contributed by atoms with Crippen molar-refractivity contribution < 1.29 is 14.3 Å². The van der Waals surface area contributed by atoms with Crippen molar-refractivity contribution in [1.29, 1.82) is 0 Å². The minimum atomic E-state index is -0.0142. The van der Waals surface area contributed by atoms with Crippen molar-refractivity contribution in [3.63, 3.8) is 0 Å². The van der Waals surface area contributed by atoms with E-state index in [1.54, 1.807) is 7.11 Å². The lowest BCUT2D eigenvalue weighted by Crippen LogP contribution is -2.37. The van der Waals surface area contributed by atoms with E-state index in [1.165, 1.54) is 11.1 Å². The molecule has 5 nitrogen and oxygen atoms in total. The molecule has 1 aromatic heterocycles. The van der Waals surface area contributed by atoms with Crippen molar-refractivity contribution in [1.82, 2.24) is 9.88 Å². The molecule has 1 atom stereocenters. The SMILES string of the molecule is COc1ccccc1CN(CC1CCCO1)C(=O)c1cc2c(C)cc(C)cc2[nH]1. The van der Waals surface area contributed by atoms with Crippen LogP contribution in [0.4, 0.5) is 0 Å². The van der Waals surface area contributed by atoms with Gasteiger partial charge in [-0.05, 0) is 56.0 Å². The van der Waals surface area contributed by atoms with E-state index in [0.29, 0.717) is 18.8 Å². The molecular weight excluding hydrogens is 364 g/mol. The summed E-state index contributed by atoms with van der Waals surface area (Å²) in [6.07, 6.45) is 2.12. The normalized spacial score (nSPS) is 16.3. The number of carbonyl (C=O) groups excluding carboxylic acids is 1. The minimum Gasteiger partial charge on any atom is -0.496 e. The number of rotatable bonds is 6. The molecule has 0 aliphatic carbocycles. The summed E-state index contributed by atoms with van der Waals surface area (Å²) in [4.78, 5) is 18.7. The van der Waals surface area contributed by atoms with Crippen LogP contribution in [0.5, 0.6) is 5.75 Å². The molecule has 2 aromatic carbocycles. The first-order chi connectivity index (χ1) is 14.0. The summed E-state index contributed by atoms with van der Waals surface area (Å²) >= 11 is 0. The Labute approximate surface area is 171 Å². The van der Waals surface area contributed by atoms with Gasteiger partial charge >= 0.3 is 0 Å². The number of carbonyl (C=O) groups is 1. The zero-order chi connectivity index (χ0) is 20.4. The van der Waals surface area contributed by atoms with Crippen LogP contribution >= 0.6 is 0 Å². The van der Waals surface area contributed by atoms with E-state index in [2.05, 4.69) is 31.0 Å². The van der Waals surface area contributed by atoms with Gasteiger partial charge in [0, 0.05) is 36.2 Å². The fourth-order valence-electron chi connectivity index (χ4n) is 4.18. The highest BCUT2D eigenvalue weighted by atomic mass is 16.5. The molecule has 1 aliphatic rings. The highest BCUT2D eigenvalue weighted by Gasteiger charge is 2.25. The highest BCUT2D eigenvalue weighted by molar-refractivity contribution is 5.99. The molecule has 2 heterocycles. The second kappa shape index (κ2) is 8.29. The summed E-state index contributed by atoms with van der Waals surface area (Å²) in [7, 11) is 1.66. The van der Waals surface area contributed by atoms with Gasteiger partial charge in [-0.2, -0.15) is 0 Å². The van der Waals surface area contributed by atoms with E-state index < -0.39 is 0 Å². The number of para-hydroxylation sites is 1. The topological polar surface area (TPSA) is 54.6 Å². The standard InChI is InChI=1S/C24H28N2O3/c1-16-11-17(2)20-13-22(25-21(20)12-16)24(27)26(15-19-8-6-10-29-19)14-18-7-4-5-9-23(18)28-3/h4-5,7,9,11-13,19,25H,6,8,10,14-15H2,1-3H3. The zero-order valence-electron chi connectivity index (χ0n) is 17.3. The van der Waals surface area contributed by atoms with Gasteiger partial charge in [0.1, 0.15) is 11.4 Å². The number of ether oxygens (including phenoxy) is 2. The van der Waals surface area contributed by atoms with Crippen LogP contribution in [-0.4, -0.2) is 42.2 Å². The van der Waals surface area contributed by atoms with Crippen LogP contribution in [0.3, 0.4) is 0 Å². The summed E-state index contributed by atoms with van der Waals surface area (Å²) in [5.41, 5.74) is 4.96. The van der Waals surface area contributed by atoms with Crippen LogP contribution in [0.25, 0.3) is 10.9 Å². The molecule has 29 heavy (non-hydrogen) atoms.